The molecule has 0 radical (unpaired) electrons. The van der Waals surface area contributed by atoms with E-state index in [-0.39, 0.29) is 12.5 Å². The Hall–Kier alpha value is -0.940. The van der Waals surface area contributed by atoms with Crippen molar-refractivity contribution in [1.29, 1.82) is 0 Å². The molecule has 0 aliphatic carbocycles. The molecule has 2 rings (SSSR count). The van der Waals surface area contributed by atoms with Gasteiger partial charge >= 0.3 is 0 Å². The summed E-state index contributed by atoms with van der Waals surface area (Å²) in [6, 6.07) is 10.0. The van der Waals surface area contributed by atoms with Gasteiger partial charge in [0.2, 0.25) is 0 Å². The molecule has 0 atom stereocenters. The van der Waals surface area contributed by atoms with Crippen LogP contribution in [0.4, 0.5) is 5.69 Å². The van der Waals surface area contributed by atoms with Crippen LogP contribution in [-0.4, -0.2) is 12.5 Å². The highest BCUT2D eigenvalue weighted by molar-refractivity contribution is 9.10. The maximum absolute atomic E-state index is 11.8. The molecule has 2 aromatic rings. The third-order valence-electron chi connectivity index (χ3n) is 2.48. The predicted molar refractivity (Wildman–Crippen MR) is 89.7 cm³/mol. The minimum absolute atomic E-state index is 0.164. The third kappa shape index (κ3) is 4.51. The van der Waals surface area contributed by atoms with E-state index in [2.05, 4.69) is 21.2 Å². The lowest BCUT2D eigenvalue weighted by molar-refractivity contribution is -0.118. The van der Waals surface area contributed by atoms with Gasteiger partial charge in [-0.3, -0.25) is 4.79 Å². The molecule has 1 N–H and O–H groups in total. The van der Waals surface area contributed by atoms with Crippen LogP contribution in [0.3, 0.4) is 0 Å². The first-order valence-electron chi connectivity index (χ1n) is 5.79. The van der Waals surface area contributed by atoms with Crippen LogP contribution in [0.1, 0.15) is 0 Å². The molecule has 21 heavy (non-hydrogen) atoms. The number of rotatable bonds is 4. The van der Waals surface area contributed by atoms with Gasteiger partial charge in [-0.15, -0.1) is 0 Å². The fourth-order valence-corrected chi connectivity index (χ4v) is 2.67. The number of benzene rings is 2. The zero-order valence-corrected chi connectivity index (χ0v) is 14.4. The number of carbonyl (C=O) groups excluding carboxylic acids is 1. The number of carbonyl (C=O) groups is 1. The number of hydrogen-bond donors (Lipinski definition) is 1. The summed E-state index contributed by atoms with van der Waals surface area (Å²) >= 11 is 21.0. The molecule has 0 bridgehead atoms. The molecule has 0 spiro atoms. The molecule has 0 unspecified atom stereocenters. The molecule has 7 heteroatoms. The standard InChI is InChI=1S/C14H9BrCl3NO2/c15-9-6-8(16)4-5-12(9)21-7-13(20)19-11-3-1-2-10(17)14(11)18/h1-6H,7H2,(H,19,20). The summed E-state index contributed by atoms with van der Waals surface area (Å²) in [6.45, 7) is -0.164. The fraction of sp³-hybridized carbons (Fsp3) is 0.0714. The summed E-state index contributed by atoms with van der Waals surface area (Å²) in [4.78, 5) is 11.8. The molecule has 3 nitrogen and oxygen atoms in total. The zero-order valence-electron chi connectivity index (χ0n) is 10.5. The summed E-state index contributed by atoms with van der Waals surface area (Å²) in [5.74, 6) is 0.174. The highest BCUT2D eigenvalue weighted by Crippen LogP contribution is 2.30. The maximum Gasteiger partial charge on any atom is 0.262 e. The molecule has 0 aliphatic heterocycles. The quantitative estimate of drug-likeness (QED) is 0.732. The molecular weight excluding hydrogens is 400 g/mol. The van der Waals surface area contributed by atoms with Crippen LogP contribution in [0.5, 0.6) is 5.75 Å². The van der Waals surface area contributed by atoms with Crippen molar-refractivity contribution in [2.45, 2.75) is 0 Å². The molecule has 0 aliphatic rings. The van der Waals surface area contributed by atoms with Gasteiger partial charge < -0.3 is 10.1 Å². The monoisotopic (exact) mass is 407 g/mol. The van der Waals surface area contributed by atoms with Crippen molar-refractivity contribution in [1.82, 2.24) is 0 Å². The SMILES string of the molecule is O=C(COc1ccc(Cl)cc1Br)Nc1cccc(Cl)c1Cl. The van der Waals surface area contributed by atoms with E-state index in [1.165, 1.54) is 0 Å². The van der Waals surface area contributed by atoms with Gasteiger partial charge in [-0.05, 0) is 46.3 Å². The summed E-state index contributed by atoms with van der Waals surface area (Å²) in [5, 5.41) is 3.87. The Bertz CT molecular complexity index is 679. The van der Waals surface area contributed by atoms with Gasteiger partial charge in [0.1, 0.15) is 5.75 Å². The largest absolute Gasteiger partial charge is 0.483 e. The summed E-state index contributed by atoms with van der Waals surface area (Å²) < 4.78 is 6.07. The van der Waals surface area contributed by atoms with Crippen LogP contribution < -0.4 is 10.1 Å². The minimum Gasteiger partial charge on any atom is -0.483 e. The van der Waals surface area contributed by atoms with Gasteiger partial charge in [0, 0.05) is 5.02 Å². The molecule has 0 heterocycles. The molecule has 0 aromatic heterocycles. The Morgan fingerprint density at radius 2 is 1.95 bits per heavy atom. The van der Waals surface area contributed by atoms with Crippen LogP contribution in [0.2, 0.25) is 15.1 Å². The van der Waals surface area contributed by atoms with Crippen LogP contribution in [0.25, 0.3) is 0 Å². The number of hydrogen-bond acceptors (Lipinski definition) is 2. The Kier molecular flexibility index (Phi) is 5.76. The van der Waals surface area contributed by atoms with Gasteiger partial charge in [0.25, 0.3) is 5.91 Å². The van der Waals surface area contributed by atoms with E-state index in [0.29, 0.717) is 31.0 Å². The summed E-state index contributed by atoms with van der Waals surface area (Å²) in [5.41, 5.74) is 0.438. The van der Waals surface area contributed by atoms with Crippen molar-refractivity contribution >= 4 is 62.3 Å². The third-order valence-corrected chi connectivity index (χ3v) is 4.15. The molecule has 2 aromatic carbocycles. The Morgan fingerprint density at radius 1 is 1.19 bits per heavy atom. The average molecular weight is 409 g/mol. The highest BCUT2D eigenvalue weighted by atomic mass is 79.9. The van der Waals surface area contributed by atoms with Crippen molar-refractivity contribution in [3.8, 4) is 5.75 Å². The van der Waals surface area contributed by atoms with Crippen molar-refractivity contribution in [2.24, 2.45) is 0 Å². The van der Waals surface area contributed by atoms with E-state index in [4.69, 9.17) is 39.5 Å². The number of anilines is 1. The minimum atomic E-state index is -0.346. The first-order valence-corrected chi connectivity index (χ1v) is 7.72. The van der Waals surface area contributed by atoms with E-state index in [9.17, 15) is 4.79 Å². The van der Waals surface area contributed by atoms with Gasteiger partial charge in [-0.2, -0.15) is 0 Å². The van der Waals surface area contributed by atoms with E-state index >= 15 is 0 Å². The number of nitrogens with one attached hydrogen (secondary N) is 1. The van der Waals surface area contributed by atoms with Crippen LogP contribution in [-0.2, 0) is 4.79 Å². The van der Waals surface area contributed by atoms with Gasteiger partial charge in [-0.1, -0.05) is 40.9 Å². The zero-order chi connectivity index (χ0) is 15.4. The Labute approximate surface area is 145 Å². The van der Waals surface area contributed by atoms with Gasteiger partial charge in [-0.25, -0.2) is 0 Å². The van der Waals surface area contributed by atoms with E-state index in [0.717, 1.165) is 0 Å². The fourth-order valence-electron chi connectivity index (χ4n) is 1.52. The van der Waals surface area contributed by atoms with E-state index in [1.807, 2.05) is 0 Å². The molecule has 0 saturated carbocycles. The Balaban J connectivity index is 1.97. The summed E-state index contributed by atoms with van der Waals surface area (Å²) in [7, 11) is 0. The average Bonchev–Trinajstić information content (AvgIpc) is 2.43. The summed E-state index contributed by atoms with van der Waals surface area (Å²) in [6.07, 6.45) is 0. The highest BCUT2D eigenvalue weighted by Gasteiger charge is 2.10. The van der Waals surface area contributed by atoms with Crippen molar-refractivity contribution in [3.63, 3.8) is 0 Å². The molecule has 1 amide bonds. The van der Waals surface area contributed by atoms with Crippen molar-refractivity contribution in [3.05, 3.63) is 55.9 Å². The second-order valence-electron chi connectivity index (χ2n) is 4.01. The smallest absolute Gasteiger partial charge is 0.262 e. The van der Waals surface area contributed by atoms with Gasteiger partial charge in [0.15, 0.2) is 6.61 Å². The van der Waals surface area contributed by atoms with Crippen molar-refractivity contribution in [2.75, 3.05) is 11.9 Å². The van der Waals surface area contributed by atoms with Crippen LogP contribution in [0, 0.1) is 0 Å². The van der Waals surface area contributed by atoms with E-state index < -0.39 is 0 Å². The normalized spacial score (nSPS) is 10.3. The number of amides is 1. The number of ether oxygens (including phenoxy) is 1. The lowest BCUT2D eigenvalue weighted by Gasteiger charge is -2.10. The number of halogens is 4. The Morgan fingerprint density at radius 3 is 2.67 bits per heavy atom. The first-order chi connectivity index (χ1) is 9.97. The lowest BCUT2D eigenvalue weighted by Crippen LogP contribution is -2.20. The lowest BCUT2D eigenvalue weighted by atomic mass is 10.3. The van der Waals surface area contributed by atoms with Crippen LogP contribution >= 0.6 is 50.7 Å². The molecular formula is C14H9BrCl3NO2. The van der Waals surface area contributed by atoms with Crippen LogP contribution in [0.15, 0.2) is 40.9 Å². The van der Waals surface area contributed by atoms with Crippen molar-refractivity contribution < 1.29 is 9.53 Å². The predicted octanol–water partition coefficient (Wildman–Crippen LogP) is 5.43. The molecule has 0 fully saturated rings. The molecule has 110 valence electrons. The maximum atomic E-state index is 11.8. The first kappa shape index (κ1) is 16.4. The second kappa shape index (κ2) is 7.36. The topological polar surface area (TPSA) is 38.3 Å². The molecule has 0 saturated heterocycles. The van der Waals surface area contributed by atoms with E-state index in [1.54, 1.807) is 36.4 Å². The van der Waals surface area contributed by atoms with Gasteiger partial charge in [0.05, 0.1) is 20.2 Å². The second-order valence-corrected chi connectivity index (χ2v) is 6.09.